The van der Waals surface area contributed by atoms with Gasteiger partial charge in [-0.15, -0.1) is 0 Å². The monoisotopic (exact) mass is 494 g/mol. The lowest BCUT2D eigenvalue weighted by Gasteiger charge is -2.18. The van der Waals surface area contributed by atoms with E-state index in [1.165, 1.54) is 0 Å². The molecule has 0 fully saturated rings. The molecule has 174 valence electrons. The smallest absolute Gasteiger partial charge is 0.259 e. The predicted molar refractivity (Wildman–Crippen MR) is 138 cm³/mol. The molecule has 0 unspecified atom stereocenters. The second kappa shape index (κ2) is 8.95. The number of nitrogens with one attached hydrogen (secondary N) is 2. The van der Waals surface area contributed by atoms with Crippen LogP contribution in [0.3, 0.4) is 0 Å². The molecular formula is C26H24Cl2N4O2. The lowest BCUT2D eigenvalue weighted by Crippen LogP contribution is -2.26. The first-order valence-electron chi connectivity index (χ1n) is 11.3. The molecule has 8 heteroatoms. The zero-order valence-corrected chi connectivity index (χ0v) is 20.4. The Balaban J connectivity index is 1.72. The molecule has 5 rings (SSSR count). The second-order valence-corrected chi connectivity index (χ2v) is 9.22. The van der Waals surface area contributed by atoms with Crippen molar-refractivity contribution in [3.05, 3.63) is 70.0 Å². The number of aromatic nitrogens is 2. The fourth-order valence-electron chi connectivity index (χ4n) is 4.71. The molecule has 1 aliphatic rings. The Hall–Kier alpha value is -3.06. The number of halogens is 2. The molecule has 0 saturated heterocycles. The average Bonchev–Trinajstić information content (AvgIpc) is 3.46. The minimum absolute atomic E-state index is 0.335. The van der Waals surface area contributed by atoms with Gasteiger partial charge in [0, 0.05) is 68.5 Å². The van der Waals surface area contributed by atoms with Gasteiger partial charge in [0.1, 0.15) is 0 Å². The molecular weight excluding hydrogens is 471 g/mol. The van der Waals surface area contributed by atoms with Crippen LogP contribution in [0.15, 0.2) is 48.8 Å². The maximum absolute atomic E-state index is 13.1. The number of amides is 2. The lowest BCUT2D eigenvalue weighted by molar-refractivity contribution is -0.122. The van der Waals surface area contributed by atoms with Crippen LogP contribution in [-0.4, -0.2) is 45.9 Å². The van der Waals surface area contributed by atoms with E-state index in [-0.39, 0.29) is 0 Å². The van der Waals surface area contributed by atoms with Crippen LogP contribution in [0, 0.1) is 0 Å². The number of likely N-dealkylation sites (N-methyl/N-ethyl adjacent to an activating group) is 1. The highest BCUT2D eigenvalue weighted by Crippen LogP contribution is 2.39. The van der Waals surface area contributed by atoms with Gasteiger partial charge in [-0.05, 0) is 49.5 Å². The highest BCUT2D eigenvalue weighted by Gasteiger charge is 2.35. The molecule has 2 N–H and O–H groups in total. The van der Waals surface area contributed by atoms with Crippen LogP contribution in [0.25, 0.3) is 33.0 Å². The minimum Gasteiger partial charge on any atom is -0.361 e. The standard InChI is InChI=1S/C26H24Cl2N4O2/c1-3-31(4-2)9-10-32-14-20(18-12-16(28)6-8-22(18)32)24-23(25(33)30-26(24)34)19-13-29-21-7-5-15(27)11-17(19)21/h5-8,11-14,29H,3-4,9-10H2,1-2H3,(H,30,33,34). The van der Waals surface area contributed by atoms with Crippen LogP contribution in [0.2, 0.25) is 10.0 Å². The first kappa shape index (κ1) is 22.7. The number of carbonyl (C=O) groups is 2. The van der Waals surface area contributed by atoms with Gasteiger partial charge in [0.15, 0.2) is 0 Å². The van der Waals surface area contributed by atoms with Crippen molar-refractivity contribution >= 4 is 68.0 Å². The molecule has 0 radical (unpaired) electrons. The van der Waals surface area contributed by atoms with Crippen LogP contribution in [0.4, 0.5) is 0 Å². The van der Waals surface area contributed by atoms with Gasteiger partial charge >= 0.3 is 0 Å². The first-order valence-corrected chi connectivity index (χ1v) is 12.0. The molecule has 3 heterocycles. The van der Waals surface area contributed by atoms with Crippen molar-refractivity contribution in [2.24, 2.45) is 0 Å². The fourth-order valence-corrected chi connectivity index (χ4v) is 5.06. The molecule has 2 aromatic heterocycles. The van der Waals surface area contributed by atoms with E-state index in [0.29, 0.717) is 32.3 Å². The van der Waals surface area contributed by atoms with E-state index in [9.17, 15) is 9.59 Å². The molecule has 2 amide bonds. The molecule has 0 saturated carbocycles. The van der Waals surface area contributed by atoms with Gasteiger partial charge in [0.25, 0.3) is 11.8 Å². The van der Waals surface area contributed by atoms with Crippen molar-refractivity contribution in [3.8, 4) is 0 Å². The van der Waals surface area contributed by atoms with E-state index in [0.717, 1.165) is 48.0 Å². The maximum Gasteiger partial charge on any atom is 0.259 e. The van der Waals surface area contributed by atoms with Crippen LogP contribution in [0.1, 0.15) is 25.0 Å². The Bertz CT molecular complexity index is 1480. The number of nitrogens with zero attached hydrogens (tertiary/aromatic N) is 2. The number of carbonyl (C=O) groups excluding carboxylic acids is 2. The summed E-state index contributed by atoms with van der Waals surface area (Å²) < 4.78 is 2.13. The van der Waals surface area contributed by atoms with E-state index in [2.05, 4.69) is 33.6 Å². The number of rotatable bonds is 7. The van der Waals surface area contributed by atoms with Crippen molar-refractivity contribution in [3.63, 3.8) is 0 Å². The summed E-state index contributed by atoms with van der Waals surface area (Å²) in [5.41, 5.74) is 3.81. The number of imide groups is 1. The third-order valence-electron chi connectivity index (χ3n) is 6.51. The van der Waals surface area contributed by atoms with E-state index in [1.807, 2.05) is 30.5 Å². The highest BCUT2D eigenvalue weighted by molar-refractivity contribution is 6.51. The van der Waals surface area contributed by atoms with Crippen LogP contribution in [0.5, 0.6) is 0 Å². The minimum atomic E-state index is -0.424. The lowest BCUT2D eigenvalue weighted by atomic mass is 9.95. The van der Waals surface area contributed by atoms with Crippen molar-refractivity contribution < 1.29 is 9.59 Å². The highest BCUT2D eigenvalue weighted by atomic mass is 35.5. The average molecular weight is 495 g/mol. The summed E-state index contributed by atoms with van der Waals surface area (Å²) in [4.78, 5) is 31.7. The van der Waals surface area contributed by atoms with E-state index in [4.69, 9.17) is 23.2 Å². The van der Waals surface area contributed by atoms with Crippen molar-refractivity contribution in [2.45, 2.75) is 20.4 Å². The second-order valence-electron chi connectivity index (χ2n) is 8.35. The maximum atomic E-state index is 13.1. The molecule has 0 atom stereocenters. The summed E-state index contributed by atoms with van der Waals surface area (Å²) >= 11 is 12.6. The van der Waals surface area contributed by atoms with Gasteiger partial charge in [-0.1, -0.05) is 37.0 Å². The number of hydrogen-bond donors (Lipinski definition) is 2. The molecule has 0 bridgehead atoms. The number of aromatic amines is 1. The molecule has 34 heavy (non-hydrogen) atoms. The summed E-state index contributed by atoms with van der Waals surface area (Å²) in [7, 11) is 0. The predicted octanol–water partition coefficient (Wildman–Crippen LogP) is 5.34. The Kier molecular flexibility index (Phi) is 5.98. The molecule has 6 nitrogen and oxygen atoms in total. The van der Waals surface area contributed by atoms with E-state index in [1.54, 1.807) is 18.3 Å². The van der Waals surface area contributed by atoms with Gasteiger partial charge in [-0.2, -0.15) is 0 Å². The molecule has 0 spiro atoms. The quantitative estimate of drug-likeness (QED) is 0.340. The first-order chi connectivity index (χ1) is 16.4. The molecule has 4 aromatic rings. The van der Waals surface area contributed by atoms with Crippen LogP contribution >= 0.6 is 23.2 Å². The van der Waals surface area contributed by atoms with E-state index < -0.39 is 11.8 Å². The van der Waals surface area contributed by atoms with Crippen molar-refractivity contribution in [2.75, 3.05) is 19.6 Å². The normalized spacial score (nSPS) is 14.3. The number of hydrogen-bond acceptors (Lipinski definition) is 3. The largest absolute Gasteiger partial charge is 0.361 e. The Morgan fingerprint density at radius 3 is 2.24 bits per heavy atom. The zero-order chi connectivity index (χ0) is 24.0. The fraction of sp³-hybridized carbons (Fsp3) is 0.231. The Labute approximate surface area is 207 Å². The summed E-state index contributed by atoms with van der Waals surface area (Å²) in [6.45, 7) is 7.83. The molecule has 2 aromatic carbocycles. The zero-order valence-electron chi connectivity index (χ0n) is 18.9. The SMILES string of the molecule is CCN(CC)CCn1cc(C2=C(c3c[nH]c4ccc(Cl)cc34)C(=O)NC2=O)c2cc(Cl)ccc21. The Morgan fingerprint density at radius 2 is 1.53 bits per heavy atom. The van der Waals surface area contributed by atoms with Gasteiger partial charge in [-0.25, -0.2) is 0 Å². The van der Waals surface area contributed by atoms with Crippen molar-refractivity contribution in [1.29, 1.82) is 0 Å². The van der Waals surface area contributed by atoms with Crippen LogP contribution in [-0.2, 0) is 16.1 Å². The van der Waals surface area contributed by atoms with Crippen molar-refractivity contribution in [1.82, 2.24) is 19.8 Å². The van der Waals surface area contributed by atoms with Gasteiger partial charge in [0.2, 0.25) is 0 Å². The Morgan fingerprint density at radius 1 is 0.882 bits per heavy atom. The van der Waals surface area contributed by atoms with Crippen LogP contribution < -0.4 is 5.32 Å². The molecule has 0 aliphatic carbocycles. The topological polar surface area (TPSA) is 70.1 Å². The number of H-pyrrole nitrogens is 1. The summed E-state index contributed by atoms with van der Waals surface area (Å²) in [6, 6.07) is 11.1. The third kappa shape index (κ3) is 3.82. The third-order valence-corrected chi connectivity index (χ3v) is 6.98. The molecule has 1 aliphatic heterocycles. The van der Waals surface area contributed by atoms with Gasteiger partial charge < -0.3 is 14.5 Å². The van der Waals surface area contributed by atoms with E-state index >= 15 is 0 Å². The summed E-state index contributed by atoms with van der Waals surface area (Å²) in [5, 5.41) is 5.24. The van der Waals surface area contributed by atoms with Gasteiger partial charge in [0.05, 0.1) is 11.1 Å². The summed E-state index contributed by atoms with van der Waals surface area (Å²) in [6.07, 6.45) is 3.71. The number of benzene rings is 2. The van der Waals surface area contributed by atoms with Gasteiger partial charge in [-0.3, -0.25) is 14.9 Å². The number of fused-ring (bicyclic) bond motifs is 2. The summed E-state index contributed by atoms with van der Waals surface area (Å²) in [5.74, 6) is -0.842.